The number of aliphatic hydroxyl groups excluding tert-OH is 1. The molecule has 0 saturated heterocycles. The summed E-state index contributed by atoms with van der Waals surface area (Å²) in [6, 6.07) is 0. The zero-order chi connectivity index (χ0) is 73.7. The number of hydrogen-bond acceptors (Lipinski definition) is 15. The molecule has 0 aromatic heterocycles. The first kappa shape index (κ1) is 98.1. The zero-order valence-electron chi connectivity index (χ0n) is 65.7. The van der Waals surface area contributed by atoms with Gasteiger partial charge in [-0.2, -0.15) is 0 Å². The van der Waals surface area contributed by atoms with Crippen molar-refractivity contribution in [1.82, 2.24) is 0 Å². The summed E-state index contributed by atoms with van der Waals surface area (Å²) in [7, 11) is -9.92. The first-order valence-electron chi connectivity index (χ1n) is 42.0. The molecule has 17 nitrogen and oxygen atoms in total. The Morgan fingerprint density at radius 1 is 0.280 bits per heavy atom. The lowest BCUT2D eigenvalue weighted by atomic mass is 9.99. The van der Waals surface area contributed by atoms with Crippen molar-refractivity contribution in [2.75, 3.05) is 39.6 Å². The predicted octanol–water partition coefficient (Wildman–Crippen LogP) is 24.1. The third-order valence-electron chi connectivity index (χ3n) is 20.0. The van der Waals surface area contributed by atoms with Gasteiger partial charge in [-0.3, -0.25) is 37.3 Å². The molecule has 19 heteroatoms. The van der Waals surface area contributed by atoms with Gasteiger partial charge in [-0.05, 0) is 43.4 Å². The summed E-state index contributed by atoms with van der Waals surface area (Å²) in [6.07, 6.45) is 59.7. The van der Waals surface area contributed by atoms with Gasteiger partial charge in [0, 0.05) is 25.7 Å². The molecule has 0 aromatic carbocycles. The number of ether oxygens (including phenoxy) is 4. The predicted molar refractivity (Wildman–Crippen MR) is 409 cm³/mol. The van der Waals surface area contributed by atoms with E-state index in [-0.39, 0.29) is 25.7 Å². The maximum Gasteiger partial charge on any atom is 0.472 e. The number of hydrogen-bond donors (Lipinski definition) is 3. The van der Waals surface area contributed by atoms with Gasteiger partial charge in [0.1, 0.15) is 19.3 Å². The molecule has 0 aliphatic rings. The summed E-state index contributed by atoms with van der Waals surface area (Å²) < 4.78 is 68.7. The van der Waals surface area contributed by atoms with E-state index in [1.54, 1.807) is 0 Å². The van der Waals surface area contributed by atoms with Crippen LogP contribution < -0.4 is 0 Å². The highest BCUT2D eigenvalue weighted by Gasteiger charge is 2.30. The van der Waals surface area contributed by atoms with Crippen molar-refractivity contribution in [3.63, 3.8) is 0 Å². The molecule has 100 heavy (non-hydrogen) atoms. The summed E-state index contributed by atoms with van der Waals surface area (Å²) in [5.74, 6) is 0.229. The minimum absolute atomic E-state index is 0.105. The highest BCUT2D eigenvalue weighted by atomic mass is 31.2. The lowest BCUT2D eigenvalue weighted by Crippen LogP contribution is -2.30. The largest absolute Gasteiger partial charge is 0.472 e. The van der Waals surface area contributed by atoms with E-state index in [4.69, 9.17) is 37.0 Å². The number of carbonyl (C=O) groups is 4. The fourth-order valence-electron chi connectivity index (χ4n) is 12.4. The van der Waals surface area contributed by atoms with Crippen LogP contribution in [0.25, 0.3) is 0 Å². The molecule has 0 radical (unpaired) electrons. The zero-order valence-corrected chi connectivity index (χ0v) is 67.5. The highest BCUT2D eigenvalue weighted by Crippen LogP contribution is 2.45. The molecule has 0 amide bonds. The van der Waals surface area contributed by atoms with Crippen LogP contribution in [-0.4, -0.2) is 96.7 Å². The molecule has 3 N–H and O–H groups in total. The molecule has 0 aliphatic heterocycles. The van der Waals surface area contributed by atoms with E-state index in [2.05, 4.69) is 48.5 Å². The van der Waals surface area contributed by atoms with Crippen molar-refractivity contribution in [1.29, 1.82) is 0 Å². The number of esters is 4. The van der Waals surface area contributed by atoms with Crippen LogP contribution in [0.4, 0.5) is 0 Å². The molecule has 0 rings (SSSR count). The molecule has 0 aliphatic carbocycles. The summed E-state index contributed by atoms with van der Waals surface area (Å²) in [6.45, 7) is 11.9. The van der Waals surface area contributed by atoms with Gasteiger partial charge in [0.25, 0.3) is 0 Å². The number of unbranched alkanes of at least 4 members (excludes halogenated alkanes) is 44. The Balaban J connectivity index is 5.22. The summed E-state index contributed by atoms with van der Waals surface area (Å²) in [5.41, 5.74) is 0. The molecule has 0 saturated carbocycles. The van der Waals surface area contributed by atoms with E-state index in [0.717, 1.165) is 114 Å². The Kier molecular flexibility index (Phi) is 69.9. The van der Waals surface area contributed by atoms with Crippen molar-refractivity contribution in [3.05, 3.63) is 0 Å². The number of phosphoric acid groups is 2. The summed E-state index contributed by atoms with van der Waals surface area (Å²) in [5, 5.41) is 10.6. The van der Waals surface area contributed by atoms with Crippen LogP contribution in [0.15, 0.2) is 0 Å². The van der Waals surface area contributed by atoms with Crippen LogP contribution in [0.1, 0.15) is 421 Å². The van der Waals surface area contributed by atoms with Crippen LogP contribution in [0.2, 0.25) is 0 Å². The lowest BCUT2D eigenvalue weighted by Gasteiger charge is -2.21. The molecular formula is C81H158O17P2. The van der Waals surface area contributed by atoms with E-state index in [1.807, 2.05) is 0 Å². The Morgan fingerprint density at radius 2 is 0.480 bits per heavy atom. The second kappa shape index (κ2) is 71.3. The van der Waals surface area contributed by atoms with Gasteiger partial charge in [0.05, 0.1) is 26.4 Å². The quantitative estimate of drug-likeness (QED) is 0.0222. The maximum atomic E-state index is 13.1. The van der Waals surface area contributed by atoms with Crippen LogP contribution in [0, 0.1) is 17.8 Å². The number of phosphoric ester groups is 2. The van der Waals surface area contributed by atoms with Crippen LogP contribution in [-0.2, 0) is 65.4 Å². The van der Waals surface area contributed by atoms with Gasteiger partial charge in [-0.15, -0.1) is 0 Å². The molecule has 0 bridgehead atoms. The molecule has 0 spiro atoms. The van der Waals surface area contributed by atoms with E-state index in [9.17, 15) is 43.2 Å². The van der Waals surface area contributed by atoms with Crippen molar-refractivity contribution in [2.45, 2.75) is 439 Å². The first-order valence-corrected chi connectivity index (χ1v) is 45.0. The second-order valence-electron chi connectivity index (χ2n) is 29.9. The molecular weight excluding hydrogens is 1310 g/mol. The Labute approximate surface area is 613 Å². The van der Waals surface area contributed by atoms with Gasteiger partial charge in [-0.25, -0.2) is 9.13 Å². The fourth-order valence-corrected chi connectivity index (χ4v) is 14.0. The molecule has 0 aromatic rings. The van der Waals surface area contributed by atoms with E-state index in [1.165, 1.54) is 225 Å². The number of aliphatic hydroxyl groups is 1. The van der Waals surface area contributed by atoms with E-state index < -0.39 is 97.5 Å². The summed E-state index contributed by atoms with van der Waals surface area (Å²) in [4.78, 5) is 73.0. The topological polar surface area (TPSA) is 237 Å². The van der Waals surface area contributed by atoms with Gasteiger partial charge in [0.2, 0.25) is 0 Å². The van der Waals surface area contributed by atoms with Crippen molar-refractivity contribution in [3.8, 4) is 0 Å². The Bertz CT molecular complexity index is 1950. The molecule has 0 heterocycles. The van der Waals surface area contributed by atoms with Crippen molar-refractivity contribution in [2.24, 2.45) is 17.8 Å². The molecule has 594 valence electrons. The van der Waals surface area contributed by atoms with Crippen LogP contribution >= 0.6 is 15.6 Å². The van der Waals surface area contributed by atoms with Crippen molar-refractivity contribution >= 4 is 39.5 Å². The molecule has 5 unspecified atom stereocenters. The number of rotatable bonds is 79. The molecule has 8 atom stereocenters. The highest BCUT2D eigenvalue weighted by molar-refractivity contribution is 7.47. The van der Waals surface area contributed by atoms with Gasteiger partial charge < -0.3 is 33.8 Å². The van der Waals surface area contributed by atoms with E-state index in [0.29, 0.717) is 25.7 Å². The Morgan fingerprint density at radius 3 is 0.710 bits per heavy atom. The standard InChI is InChI=1S/C81H158O17P2/c1-8-12-13-14-15-16-17-18-19-20-21-22-23-24-25-26-27-28-36-41-50-57-64-80(85)97-76(68-91-78(83)62-55-48-40-35-31-29-33-38-45-52-59-72(5)9-2)70-95-99(87,88)93-66-75(82)67-94-100(89,90)96-71-77(69-92-79(84)63-56-49-44-43-47-54-61-74(7)11-4)98-81(86)65-58-51-42-37-32-30-34-39-46-53-60-73(6)10-3/h72-77,82H,8-71H2,1-7H3,(H,87,88)(H,89,90)/t72?,73?,74?,75-,76-,77-/m1/s1. The lowest BCUT2D eigenvalue weighted by molar-refractivity contribution is -0.161. The second-order valence-corrected chi connectivity index (χ2v) is 32.8. The monoisotopic (exact) mass is 1470 g/mol. The van der Waals surface area contributed by atoms with Gasteiger partial charge in [0.15, 0.2) is 12.2 Å². The average Bonchev–Trinajstić information content (AvgIpc) is 0.935. The molecule has 0 fully saturated rings. The Hall–Kier alpha value is -1.94. The van der Waals surface area contributed by atoms with Crippen LogP contribution in [0.5, 0.6) is 0 Å². The smallest absolute Gasteiger partial charge is 0.462 e. The van der Waals surface area contributed by atoms with Gasteiger partial charge in [-0.1, -0.05) is 370 Å². The first-order chi connectivity index (χ1) is 48.3. The van der Waals surface area contributed by atoms with Crippen molar-refractivity contribution < 1.29 is 80.2 Å². The fraction of sp³-hybridized carbons (Fsp3) is 0.951. The number of carbonyl (C=O) groups excluding carboxylic acids is 4. The normalized spacial score (nSPS) is 14.8. The van der Waals surface area contributed by atoms with E-state index >= 15 is 0 Å². The minimum Gasteiger partial charge on any atom is -0.462 e. The van der Waals surface area contributed by atoms with Gasteiger partial charge >= 0.3 is 39.5 Å². The summed E-state index contributed by atoms with van der Waals surface area (Å²) >= 11 is 0. The third kappa shape index (κ3) is 70.4. The minimum atomic E-state index is -4.96. The maximum absolute atomic E-state index is 13.1. The third-order valence-corrected chi connectivity index (χ3v) is 21.9. The average molecular weight is 1470 g/mol. The SMILES string of the molecule is CCCCCCCCCCCCCCCCCCCCCCCCC(=O)O[C@H](COC(=O)CCCCCCCCCCCCC(C)CC)COP(=O)(O)OC[C@@H](O)COP(=O)(O)OC[C@@H](COC(=O)CCCCCCCCC(C)CC)OC(=O)CCCCCCCCCCCCC(C)CC. The van der Waals surface area contributed by atoms with Crippen LogP contribution in [0.3, 0.4) is 0 Å².